The van der Waals surface area contributed by atoms with Crippen LogP contribution in [0.4, 0.5) is 10.6 Å². The van der Waals surface area contributed by atoms with Gasteiger partial charge in [0.1, 0.15) is 34.9 Å². The van der Waals surface area contributed by atoms with Crippen LogP contribution in [0.15, 0.2) is 24.7 Å². The average Bonchev–Trinajstić information content (AvgIpc) is 3.49. The summed E-state index contributed by atoms with van der Waals surface area (Å²) in [4.78, 5) is 39.1. The maximum Gasteiger partial charge on any atom is 0.410 e. The fraction of sp³-hybridized carbons (Fsp3) is 0.586. The van der Waals surface area contributed by atoms with Crippen LogP contribution in [0.25, 0.3) is 16.9 Å². The Hall–Kier alpha value is -3.56. The van der Waals surface area contributed by atoms with Crippen LogP contribution >= 0.6 is 0 Å². The van der Waals surface area contributed by atoms with Crippen molar-refractivity contribution in [3.8, 4) is 5.82 Å². The molecule has 0 aromatic carbocycles. The monoisotopic (exact) mass is 536 g/mol. The molecule has 0 N–H and O–H groups in total. The van der Waals surface area contributed by atoms with Gasteiger partial charge in [0.05, 0.1) is 5.39 Å². The first kappa shape index (κ1) is 27.0. The molecule has 3 aromatic rings. The normalized spacial score (nSPS) is 18.5. The van der Waals surface area contributed by atoms with Gasteiger partial charge in [0, 0.05) is 38.9 Å². The smallest absolute Gasteiger partial charge is 0.410 e. The number of hydrogen-bond donors (Lipinski definition) is 0. The number of amides is 1. The van der Waals surface area contributed by atoms with Gasteiger partial charge in [-0.15, -0.1) is 0 Å². The molecular formula is C29H40N6O4. The van der Waals surface area contributed by atoms with E-state index in [2.05, 4.69) is 22.6 Å². The average molecular weight is 537 g/mol. The number of esters is 1. The third kappa shape index (κ3) is 5.46. The summed E-state index contributed by atoms with van der Waals surface area (Å²) in [5.41, 5.74) is 1.41. The highest BCUT2D eigenvalue weighted by molar-refractivity contribution is 5.94. The predicted molar refractivity (Wildman–Crippen MR) is 150 cm³/mol. The summed E-state index contributed by atoms with van der Waals surface area (Å²) in [6, 6.07) is 3.78. The molecule has 1 saturated carbocycles. The van der Waals surface area contributed by atoms with Crippen LogP contribution in [-0.4, -0.2) is 72.9 Å². The molecule has 210 valence electrons. The molecule has 39 heavy (non-hydrogen) atoms. The first-order valence-corrected chi connectivity index (χ1v) is 13.7. The number of fused-ring (bicyclic) bond motifs is 1. The van der Waals surface area contributed by atoms with Crippen molar-refractivity contribution in [3.05, 3.63) is 35.9 Å². The number of piperazine rings is 1. The summed E-state index contributed by atoms with van der Waals surface area (Å²) in [7, 11) is 1.87. The molecule has 5 rings (SSSR count). The molecule has 1 amide bonds. The van der Waals surface area contributed by atoms with Crippen LogP contribution in [0, 0.1) is 0 Å². The number of hydrogen-bond acceptors (Lipinski definition) is 7. The van der Waals surface area contributed by atoms with Gasteiger partial charge in [-0.25, -0.2) is 19.6 Å². The molecule has 0 unspecified atom stereocenters. The molecule has 2 fully saturated rings. The Kier molecular flexibility index (Phi) is 6.63. The molecule has 10 heteroatoms. The van der Waals surface area contributed by atoms with Crippen molar-refractivity contribution in [1.82, 2.24) is 24.0 Å². The standard InChI is InChI=1S/C29H40N6O4/c1-18-15-33(27(37)39-29(5,6)7)13-14-34(18)24-23-20(19-9-10-19)16-35(25(23)31-17-30-24)22-12-11-21(32(22)8)26(36)38-28(2,3)4/h11-12,16-19H,9-10,13-15H2,1-8H3/t18-/m0/s1. The fourth-order valence-electron chi connectivity index (χ4n) is 5.21. The van der Waals surface area contributed by atoms with E-state index in [1.54, 1.807) is 17.3 Å². The zero-order valence-corrected chi connectivity index (χ0v) is 24.3. The molecular weight excluding hydrogens is 496 g/mol. The summed E-state index contributed by atoms with van der Waals surface area (Å²) in [6.07, 6.45) is 5.74. The van der Waals surface area contributed by atoms with Crippen molar-refractivity contribution in [2.24, 2.45) is 7.05 Å². The highest BCUT2D eigenvalue weighted by Crippen LogP contribution is 2.46. The van der Waals surface area contributed by atoms with Gasteiger partial charge in [0.2, 0.25) is 0 Å². The van der Waals surface area contributed by atoms with Gasteiger partial charge in [0.15, 0.2) is 5.65 Å². The maximum atomic E-state index is 12.8. The Morgan fingerprint density at radius 3 is 2.28 bits per heavy atom. The summed E-state index contributed by atoms with van der Waals surface area (Å²) in [6.45, 7) is 15.1. The zero-order chi connectivity index (χ0) is 28.3. The number of ether oxygens (including phenoxy) is 2. The van der Waals surface area contributed by atoms with E-state index < -0.39 is 11.2 Å². The lowest BCUT2D eigenvalue weighted by Crippen LogP contribution is -2.54. The third-order valence-corrected chi connectivity index (χ3v) is 7.11. The molecule has 10 nitrogen and oxygen atoms in total. The van der Waals surface area contributed by atoms with Crippen molar-refractivity contribution in [1.29, 1.82) is 0 Å². The van der Waals surface area contributed by atoms with Crippen molar-refractivity contribution in [2.45, 2.75) is 84.5 Å². The topological polar surface area (TPSA) is 94.7 Å². The Bertz CT molecular complexity index is 1410. The lowest BCUT2D eigenvalue weighted by Gasteiger charge is -2.41. The minimum absolute atomic E-state index is 0.0496. The van der Waals surface area contributed by atoms with Crippen LogP contribution in [0.2, 0.25) is 0 Å². The lowest BCUT2D eigenvalue weighted by atomic mass is 10.1. The number of carbonyl (C=O) groups is 2. The molecule has 1 atom stereocenters. The van der Waals surface area contributed by atoms with Gasteiger partial charge >= 0.3 is 12.1 Å². The number of rotatable bonds is 4. The molecule has 1 aliphatic carbocycles. The molecule has 0 radical (unpaired) electrons. The first-order valence-electron chi connectivity index (χ1n) is 13.7. The number of aromatic nitrogens is 4. The second kappa shape index (κ2) is 9.57. The Morgan fingerprint density at radius 1 is 0.974 bits per heavy atom. The van der Waals surface area contributed by atoms with Crippen molar-refractivity contribution >= 4 is 28.9 Å². The number of nitrogens with zero attached hydrogens (tertiary/aromatic N) is 6. The van der Waals surface area contributed by atoms with Crippen LogP contribution in [-0.2, 0) is 16.5 Å². The Labute approximate surface area is 229 Å². The first-order chi connectivity index (χ1) is 18.2. The van der Waals surface area contributed by atoms with Gasteiger partial charge < -0.3 is 23.8 Å². The quantitative estimate of drug-likeness (QED) is 0.431. The van der Waals surface area contributed by atoms with Crippen LogP contribution in [0.5, 0.6) is 0 Å². The van der Waals surface area contributed by atoms with E-state index in [1.165, 1.54) is 5.56 Å². The van der Waals surface area contributed by atoms with E-state index >= 15 is 0 Å². The van der Waals surface area contributed by atoms with Gasteiger partial charge in [0.25, 0.3) is 0 Å². The summed E-state index contributed by atoms with van der Waals surface area (Å²) in [5, 5.41) is 1.04. The van der Waals surface area contributed by atoms with Crippen LogP contribution < -0.4 is 4.90 Å². The van der Waals surface area contributed by atoms with E-state index in [-0.39, 0.29) is 18.1 Å². The molecule has 0 bridgehead atoms. The molecule has 1 saturated heterocycles. The summed E-state index contributed by atoms with van der Waals surface area (Å²) < 4.78 is 15.1. The van der Waals surface area contributed by atoms with Crippen LogP contribution in [0.3, 0.4) is 0 Å². The maximum absolute atomic E-state index is 12.8. The SMILES string of the molecule is C[C@H]1CN(C(=O)OC(C)(C)C)CCN1c1ncnc2c1c(C1CC1)cn2-c1ccc(C(=O)OC(C)(C)C)n1C. The van der Waals surface area contributed by atoms with Crippen LogP contribution in [0.1, 0.15) is 83.3 Å². The Balaban J connectivity index is 1.49. The summed E-state index contributed by atoms with van der Waals surface area (Å²) >= 11 is 0. The van der Waals surface area contributed by atoms with Gasteiger partial charge in [-0.2, -0.15) is 0 Å². The second-order valence-corrected chi connectivity index (χ2v) is 12.7. The highest BCUT2D eigenvalue weighted by Gasteiger charge is 2.35. The molecule has 3 aromatic heterocycles. The van der Waals surface area contributed by atoms with E-state index in [0.29, 0.717) is 31.2 Å². The largest absolute Gasteiger partial charge is 0.455 e. The van der Waals surface area contributed by atoms with Gasteiger partial charge in [-0.05, 0) is 84.9 Å². The number of anilines is 1. The van der Waals surface area contributed by atoms with Gasteiger partial charge in [-0.1, -0.05) is 0 Å². The third-order valence-electron chi connectivity index (χ3n) is 7.11. The van der Waals surface area contributed by atoms with E-state index in [1.807, 2.05) is 59.2 Å². The zero-order valence-electron chi connectivity index (χ0n) is 24.3. The second-order valence-electron chi connectivity index (χ2n) is 12.7. The highest BCUT2D eigenvalue weighted by atomic mass is 16.6. The minimum Gasteiger partial charge on any atom is -0.455 e. The lowest BCUT2D eigenvalue weighted by molar-refractivity contribution is 0.00582. The van der Waals surface area contributed by atoms with Crippen molar-refractivity contribution in [2.75, 3.05) is 24.5 Å². The predicted octanol–water partition coefficient (Wildman–Crippen LogP) is 5.04. The minimum atomic E-state index is -0.576. The van der Waals surface area contributed by atoms with E-state index in [0.717, 1.165) is 35.5 Å². The van der Waals surface area contributed by atoms with E-state index in [4.69, 9.17) is 19.4 Å². The molecule has 2 aliphatic rings. The summed E-state index contributed by atoms with van der Waals surface area (Å²) in [5.74, 6) is 1.82. The molecule has 0 spiro atoms. The van der Waals surface area contributed by atoms with E-state index in [9.17, 15) is 9.59 Å². The Morgan fingerprint density at radius 2 is 1.67 bits per heavy atom. The van der Waals surface area contributed by atoms with Crippen molar-refractivity contribution in [3.63, 3.8) is 0 Å². The fourth-order valence-corrected chi connectivity index (χ4v) is 5.21. The molecule has 4 heterocycles. The van der Waals surface area contributed by atoms with Gasteiger partial charge in [-0.3, -0.25) is 4.57 Å². The molecule has 1 aliphatic heterocycles. The number of carbonyl (C=O) groups excluding carboxylic acids is 2. The van der Waals surface area contributed by atoms with Crippen molar-refractivity contribution < 1.29 is 19.1 Å².